The number of urea groups is 1. The molecule has 1 fully saturated rings. The van der Waals surface area contributed by atoms with Crippen LogP contribution >= 0.6 is 0 Å². The largest absolute Gasteiger partial charge is 0.324 e. The van der Waals surface area contributed by atoms with Gasteiger partial charge in [-0.3, -0.25) is 10.1 Å². The fourth-order valence-electron chi connectivity index (χ4n) is 4.63. The average Bonchev–Trinajstić information content (AvgIpc) is 3.48. The van der Waals surface area contributed by atoms with Crippen molar-refractivity contribution in [2.75, 3.05) is 23.7 Å². The summed E-state index contributed by atoms with van der Waals surface area (Å²) in [7, 11) is 0. The summed E-state index contributed by atoms with van der Waals surface area (Å²) in [5, 5.41) is 13.8. The van der Waals surface area contributed by atoms with Gasteiger partial charge < -0.3 is 15.5 Å². The predicted molar refractivity (Wildman–Crippen MR) is 135 cm³/mol. The third-order valence-corrected chi connectivity index (χ3v) is 7.25. The van der Waals surface area contributed by atoms with Crippen molar-refractivity contribution >= 4 is 23.4 Å². The maximum atomic E-state index is 12.9. The highest BCUT2D eigenvalue weighted by Crippen LogP contribution is 2.37. The summed E-state index contributed by atoms with van der Waals surface area (Å²) in [5.41, 5.74) is 5.41. The Labute approximate surface area is 201 Å². The van der Waals surface area contributed by atoms with E-state index in [2.05, 4.69) is 63.7 Å². The summed E-state index contributed by atoms with van der Waals surface area (Å²) in [4.78, 5) is 23.4. The Morgan fingerprint density at radius 2 is 1.91 bits per heavy atom. The first kappa shape index (κ1) is 23.7. The lowest BCUT2D eigenvalue weighted by Crippen LogP contribution is -2.35. The smallest absolute Gasteiger partial charge is 0.321 e. The molecule has 0 aliphatic carbocycles. The number of hydrogen-bond acceptors (Lipinski definition) is 5. The first-order valence-electron chi connectivity index (χ1n) is 12.2. The molecule has 3 N–H and O–H groups in total. The normalized spacial score (nSPS) is 14.9. The fourth-order valence-corrected chi connectivity index (χ4v) is 4.63. The van der Waals surface area contributed by atoms with E-state index in [0.29, 0.717) is 5.82 Å². The van der Waals surface area contributed by atoms with Crippen molar-refractivity contribution in [1.29, 1.82) is 0 Å². The van der Waals surface area contributed by atoms with Crippen LogP contribution in [0.3, 0.4) is 0 Å². The molecule has 1 aromatic carbocycles. The van der Waals surface area contributed by atoms with E-state index in [0.717, 1.165) is 68.1 Å². The van der Waals surface area contributed by atoms with E-state index in [4.69, 9.17) is 0 Å². The van der Waals surface area contributed by atoms with Gasteiger partial charge in [-0.1, -0.05) is 19.9 Å². The van der Waals surface area contributed by atoms with E-state index in [1.807, 2.05) is 24.0 Å². The minimum atomic E-state index is 0.00201. The summed E-state index contributed by atoms with van der Waals surface area (Å²) in [6, 6.07) is 8.15. The molecular weight excluding hydrogens is 426 g/mol. The molecule has 2 aromatic heterocycles. The van der Waals surface area contributed by atoms with Gasteiger partial charge in [0.25, 0.3) is 0 Å². The van der Waals surface area contributed by atoms with Crippen molar-refractivity contribution in [1.82, 2.24) is 25.1 Å². The predicted octanol–water partition coefficient (Wildman–Crippen LogP) is 5.39. The number of aromatic nitrogens is 4. The number of nitrogens with zero attached hydrogens (tertiary/aromatic N) is 4. The Hall–Kier alpha value is -3.42. The lowest BCUT2D eigenvalue weighted by molar-refractivity contribution is 0.209. The molecule has 8 heteroatoms. The van der Waals surface area contributed by atoms with Crippen LogP contribution in [0, 0.1) is 19.3 Å². The molecule has 0 spiro atoms. The highest BCUT2D eigenvalue weighted by molar-refractivity contribution is 5.89. The van der Waals surface area contributed by atoms with Crippen molar-refractivity contribution in [3.05, 3.63) is 59.2 Å². The number of likely N-dealkylation sites (tertiary alicyclic amines) is 1. The molecule has 1 saturated heterocycles. The Balaban J connectivity index is 1.35. The van der Waals surface area contributed by atoms with Crippen molar-refractivity contribution < 1.29 is 4.79 Å². The minimum Gasteiger partial charge on any atom is -0.324 e. The van der Waals surface area contributed by atoms with Gasteiger partial charge in [0.1, 0.15) is 0 Å². The van der Waals surface area contributed by atoms with Gasteiger partial charge >= 0.3 is 6.03 Å². The van der Waals surface area contributed by atoms with E-state index < -0.39 is 0 Å². The van der Waals surface area contributed by atoms with E-state index in [1.54, 1.807) is 12.4 Å². The number of amides is 2. The monoisotopic (exact) mass is 461 g/mol. The molecule has 2 amide bonds. The van der Waals surface area contributed by atoms with Gasteiger partial charge in [0.2, 0.25) is 0 Å². The quantitative estimate of drug-likeness (QED) is 0.418. The summed E-state index contributed by atoms with van der Waals surface area (Å²) < 4.78 is 0. The number of anilines is 3. The molecule has 3 aromatic rings. The molecule has 0 bridgehead atoms. The van der Waals surface area contributed by atoms with Crippen LogP contribution in [0.25, 0.3) is 0 Å². The molecular formula is C26H35N7O. The van der Waals surface area contributed by atoms with Crippen molar-refractivity contribution in [3.8, 4) is 0 Å². The number of carbonyl (C=O) groups is 1. The van der Waals surface area contributed by atoms with Crippen LogP contribution in [0.2, 0.25) is 0 Å². The van der Waals surface area contributed by atoms with Crippen LogP contribution in [0.15, 0.2) is 36.7 Å². The number of rotatable bonds is 8. The van der Waals surface area contributed by atoms with E-state index >= 15 is 0 Å². The third kappa shape index (κ3) is 5.38. The summed E-state index contributed by atoms with van der Waals surface area (Å²) in [5.74, 6) is 1.42. The molecule has 8 nitrogen and oxygen atoms in total. The molecule has 0 radical (unpaired) electrons. The Bertz CT molecular complexity index is 1140. The van der Waals surface area contributed by atoms with Crippen molar-refractivity contribution in [2.45, 2.75) is 59.8 Å². The lowest BCUT2D eigenvalue weighted by atomic mass is 9.82. The van der Waals surface area contributed by atoms with Gasteiger partial charge in [0.15, 0.2) is 11.6 Å². The molecule has 0 atom stereocenters. The highest BCUT2D eigenvalue weighted by Gasteiger charge is 2.37. The van der Waals surface area contributed by atoms with Crippen molar-refractivity contribution in [3.63, 3.8) is 0 Å². The zero-order chi connectivity index (χ0) is 24.1. The van der Waals surface area contributed by atoms with Crippen LogP contribution in [0.1, 0.15) is 55.6 Å². The standard InChI is InChI=1S/C26H35N7O/c1-5-26(6-2)11-14-33(17-26)25(34)29-21-9-7-18(3)20(15-21)8-10-22-16-23(32-31-22)30-24-19(4)27-12-13-28-24/h7,9,12-13,15-16H,5-6,8,10-11,14,17H2,1-4H3,(H,29,34)(H2,28,30,31,32). The molecule has 1 aliphatic rings. The number of benzene rings is 1. The number of carbonyl (C=O) groups excluding carboxylic acids is 1. The average molecular weight is 462 g/mol. The summed E-state index contributed by atoms with van der Waals surface area (Å²) in [6.45, 7) is 10.1. The number of nitrogens with one attached hydrogen (secondary N) is 3. The highest BCUT2D eigenvalue weighted by atomic mass is 16.2. The first-order valence-corrected chi connectivity index (χ1v) is 12.2. The second kappa shape index (κ2) is 10.2. The van der Waals surface area contributed by atoms with Gasteiger partial charge in [-0.15, -0.1) is 0 Å². The third-order valence-electron chi connectivity index (χ3n) is 7.25. The first-order chi connectivity index (χ1) is 16.4. The molecule has 1 aliphatic heterocycles. The molecule has 0 unspecified atom stereocenters. The van der Waals surface area contributed by atoms with Gasteiger partial charge in [-0.05, 0) is 74.6 Å². The topological polar surface area (TPSA) is 98.8 Å². The Morgan fingerprint density at radius 1 is 1.12 bits per heavy atom. The fraction of sp³-hybridized carbons (Fsp3) is 0.462. The van der Waals surface area contributed by atoms with Crippen molar-refractivity contribution in [2.24, 2.45) is 5.41 Å². The molecule has 180 valence electrons. The lowest BCUT2D eigenvalue weighted by Gasteiger charge is -2.26. The molecule has 34 heavy (non-hydrogen) atoms. The molecule has 4 rings (SSSR count). The van der Waals surface area contributed by atoms with Crippen LogP contribution in [-0.2, 0) is 12.8 Å². The van der Waals surface area contributed by atoms with E-state index in [-0.39, 0.29) is 11.4 Å². The second-order valence-electron chi connectivity index (χ2n) is 9.34. The number of H-pyrrole nitrogens is 1. The maximum Gasteiger partial charge on any atom is 0.321 e. The summed E-state index contributed by atoms with van der Waals surface area (Å²) in [6.07, 6.45) is 8.31. The van der Waals surface area contributed by atoms with Gasteiger partial charge in [-0.2, -0.15) is 5.10 Å². The zero-order valence-corrected chi connectivity index (χ0v) is 20.6. The second-order valence-corrected chi connectivity index (χ2v) is 9.34. The molecule has 0 saturated carbocycles. The van der Waals surface area contributed by atoms with Crippen LogP contribution in [-0.4, -0.2) is 44.2 Å². The van der Waals surface area contributed by atoms with Crippen LogP contribution in [0.5, 0.6) is 0 Å². The van der Waals surface area contributed by atoms with E-state index in [1.165, 1.54) is 11.1 Å². The van der Waals surface area contributed by atoms with Gasteiger partial charge in [0.05, 0.1) is 5.69 Å². The minimum absolute atomic E-state index is 0.00201. The van der Waals surface area contributed by atoms with Gasteiger partial charge in [-0.25, -0.2) is 9.78 Å². The van der Waals surface area contributed by atoms with E-state index in [9.17, 15) is 4.79 Å². The number of aromatic amines is 1. The number of hydrogen-bond donors (Lipinski definition) is 3. The molecule has 3 heterocycles. The Morgan fingerprint density at radius 3 is 2.65 bits per heavy atom. The number of aryl methyl sites for hydroxylation is 4. The Kier molecular flexibility index (Phi) is 7.14. The zero-order valence-electron chi connectivity index (χ0n) is 20.6. The maximum absolute atomic E-state index is 12.9. The van der Waals surface area contributed by atoms with Crippen LogP contribution in [0.4, 0.5) is 22.1 Å². The van der Waals surface area contributed by atoms with Crippen LogP contribution < -0.4 is 10.6 Å². The van der Waals surface area contributed by atoms with Gasteiger partial charge in [0, 0.05) is 42.9 Å². The SMILES string of the molecule is CCC1(CC)CCN(C(=O)Nc2ccc(C)c(CCc3cc(Nc4nccnc4C)n[nH]3)c2)C1. The summed E-state index contributed by atoms with van der Waals surface area (Å²) >= 11 is 0.